The molecular weight excluding hydrogens is 518 g/mol. The molecule has 3 aromatic rings. The molecule has 0 bridgehead atoms. The molecule has 0 unspecified atom stereocenters. The number of nitrogens with zero attached hydrogens (tertiary/aromatic N) is 1. The van der Waals surface area contributed by atoms with E-state index in [9.17, 15) is 14.4 Å². The van der Waals surface area contributed by atoms with Gasteiger partial charge < -0.3 is 30.7 Å². The number of ether oxygens (including phenoxy) is 2. The highest BCUT2D eigenvalue weighted by Gasteiger charge is 2.39. The molecule has 5 N–H and O–H groups in total. The number of amidine groups is 1. The van der Waals surface area contributed by atoms with Gasteiger partial charge in [0.1, 0.15) is 23.4 Å². The Morgan fingerprint density at radius 3 is 2.44 bits per heavy atom. The summed E-state index contributed by atoms with van der Waals surface area (Å²) < 4.78 is 11.0. The molecule has 10 nitrogen and oxygen atoms in total. The van der Waals surface area contributed by atoms with E-state index in [0.29, 0.717) is 42.2 Å². The van der Waals surface area contributed by atoms with E-state index >= 15 is 0 Å². The lowest BCUT2D eigenvalue weighted by atomic mass is 10.1. The summed E-state index contributed by atoms with van der Waals surface area (Å²) in [6, 6.07) is 17.0. The summed E-state index contributed by atoms with van der Waals surface area (Å²) in [7, 11) is 1.58. The molecule has 1 saturated heterocycles. The second kappa shape index (κ2) is 13.0. The third-order valence-electron chi connectivity index (χ3n) is 6.31. The van der Waals surface area contributed by atoms with Gasteiger partial charge in [0.25, 0.3) is 5.91 Å². The van der Waals surface area contributed by atoms with Gasteiger partial charge in [0.2, 0.25) is 11.8 Å². The number of para-hydroxylation sites is 1. The first kappa shape index (κ1) is 27.8. The number of nitrogens with one attached hydrogen (secondary N) is 3. The molecule has 1 fully saturated rings. The largest absolute Gasteiger partial charge is 0.457 e. The Hall–Kier alpha value is -4.22. The van der Waals surface area contributed by atoms with E-state index in [2.05, 4.69) is 10.6 Å². The predicted molar refractivity (Wildman–Crippen MR) is 148 cm³/mol. The van der Waals surface area contributed by atoms with Gasteiger partial charge in [-0.3, -0.25) is 19.8 Å². The number of amides is 3. The summed E-state index contributed by atoms with van der Waals surface area (Å²) in [5.74, 6) is 0.228. The Kier molecular flexibility index (Phi) is 9.29. The van der Waals surface area contributed by atoms with Crippen molar-refractivity contribution in [3.05, 3.63) is 82.0 Å². The number of thiophene rings is 1. The first-order chi connectivity index (χ1) is 18.8. The van der Waals surface area contributed by atoms with Crippen LogP contribution in [-0.4, -0.2) is 61.3 Å². The Morgan fingerprint density at radius 1 is 1.05 bits per heavy atom. The zero-order valence-corrected chi connectivity index (χ0v) is 22.3. The van der Waals surface area contributed by atoms with Crippen molar-refractivity contribution in [1.82, 2.24) is 15.5 Å². The Balaban J connectivity index is 1.32. The van der Waals surface area contributed by atoms with Gasteiger partial charge in [0.05, 0.1) is 19.7 Å². The molecular formula is C28H31N5O5S. The monoisotopic (exact) mass is 549 g/mol. The Bertz CT molecular complexity index is 1310. The van der Waals surface area contributed by atoms with E-state index < -0.39 is 11.9 Å². The number of hydrogen-bond donors (Lipinski definition) is 4. The van der Waals surface area contributed by atoms with Gasteiger partial charge in [0, 0.05) is 41.0 Å². The van der Waals surface area contributed by atoms with Crippen LogP contribution in [0.25, 0.3) is 0 Å². The maximum atomic E-state index is 13.1. The molecule has 3 amide bonds. The summed E-state index contributed by atoms with van der Waals surface area (Å²) in [4.78, 5) is 41.2. The van der Waals surface area contributed by atoms with Crippen LogP contribution in [0.2, 0.25) is 0 Å². The number of methoxy groups -OCH3 is 1. The first-order valence-electron chi connectivity index (χ1n) is 12.4. The first-order valence-corrected chi connectivity index (χ1v) is 13.3. The molecule has 39 heavy (non-hydrogen) atoms. The van der Waals surface area contributed by atoms with E-state index in [1.807, 2.05) is 30.3 Å². The third-order valence-corrected chi connectivity index (χ3v) is 7.25. The van der Waals surface area contributed by atoms with Crippen LogP contribution in [0, 0.1) is 11.3 Å². The lowest BCUT2D eigenvalue weighted by molar-refractivity contribution is -0.137. The number of benzene rings is 2. The molecule has 4 rings (SSSR count). The Morgan fingerprint density at radius 2 is 1.77 bits per heavy atom. The van der Waals surface area contributed by atoms with Crippen molar-refractivity contribution in [3.63, 3.8) is 0 Å². The van der Waals surface area contributed by atoms with Crippen molar-refractivity contribution in [2.75, 3.05) is 26.8 Å². The highest BCUT2D eigenvalue weighted by Crippen LogP contribution is 2.25. The Labute approximate surface area is 230 Å². The standard InChI is InChI=1S/C28H31N5O5S/c1-37-16-18-11-24(28(36)31-13-23-12-20(17-39-23)26(29)30)33(15-18)25(34)14-32-27(35)19-7-9-22(10-8-19)38-21-5-3-2-4-6-21/h2-10,12,17-18,24H,11,13-16H2,1H3,(H3,29,30)(H,31,36)(H,32,35)/t18-,24-/m0/s1. The third kappa shape index (κ3) is 7.43. The van der Waals surface area contributed by atoms with Gasteiger partial charge >= 0.3 is 0 Å². The van der Waals surface area contributed by atoms with Gasteiger partial charge in [-0.1, -0.05) is 18.2 Å². The lowest BCUT2D eigenvalue weighted by Gasteiger charge is -2.24. The number of nitrogens with two attached hydrogens (primary N) is 1. The molecule has 204 valence electrons. The van der Waals surface area contributed by atoms with Gasteiger partial charge in [-0.15, -0.1) is 11.3 Å². The fourth-order valence-electron chi connectivity index (χ4n) is 4.37. The smallest absolute Gasteiger partial charge is 0.251 e. The quantitative estimate of drug-likeness (QED) is 0.214. The molecule has 2 atom stereocenters. The van der Waals surface area contributed by atoms with Crippen LogP contribution in [-0.2, 0) is 20.9 Å². The molecule has 11 heteroatoms. The van der Waals surface area contributed by atoms with Crippen LogP contribution in [0.5, 0.6) is 11.5 Å². The van der Waals surface area contributed by atoms with Crippen LogP contribution in [0.4, 0.5) is 0 Å². The van der Waals surface area contributed by atoms with Crippen molar-refractivity contribution in [2.24, 2.45) is 11.7 Å². The second-order valence-corrected chi connectivity index (χ2v) is 10.2. The number of rotatable bonds is 11. The fraction of sp³-hybridized carbons (Fsp3) is 0.286. The van der Waals surface area contributed by atoms with Crippen molar-refractivity contribution in [2.45, 2.75) is 19.0 Å². The zero-order chi connectivity index (χ0) is 27.8. The van der Waals surface area contributed by atoms with E-state index in [4.69, 9.17) is 20.6 Å². The van der Waals surface area contributed by atoms with E-state index in [0.717, 1.165) is 4.88 Å². The molecule has 1 aliphatic heterocycles. The zero-order valence-electron chi connectivity index (χ0n) is 21.5. The molecule has 2 aromatic carbocycles. The van der Waals surface area contributed by atoms with Crippen molar-refractivity contribution in [3.8, 4) is 11.5 Å². The van der Waals surface area contributed by atoms with E-state index in [-0.39, 0.29) is 36.7 Å². The van der Waals surface area contributed by atoms with Crippen LogP contribution in [0.3, 0.4) is 0 Å². The highest BCUT2D eigenvalue weighted by molar-refractivity contribution is 7.10. The summed E-state index contributed by atoms with van der Waals surface area (Å²) in [6.07, 6.45) is 0.464. The predicted octanol–water partition coefficient (Wildman–Crippen LogP) is 2.73. The molecule has 0 saturated carbocycles. The maximum absolute atomic E-state index is 13.1. The average molecular weight is 550 g/mol. The van der Waals surface area contributed by atoms with Gasteiger partial charge in [-0.25, -0.2) is 0 Å². The number of likely N-dealkylation sites (tertiary alicyclic amines) is 1. The van der Waals surface area contributed by atoms with Gasteiger partial charge in [-0.05, 0) is 48.9 Å². The molecule has 0 radical (unpaired) electrons. The molecule has 0 aliphatic carbocycles. The summed E-state index contributed by atoms with van der Waals surface area (Å²) >= 11 is 1.40. The van der Waals surface area contributed by atoms with Crippen LogP contribution in [0.15, 0.2) is 66.0 Å². The fourth-order valence-corrected chi connectivity index (χ4v) is 5.19. The molecule has 1 aliphatic rings. The number of carbonyl (C=O) groups excluding carboxylic acids is 3. The molecule has 2 heterocycles. The minimum absolute atomic E-state index is 0.00798. The van der Waals surface area contributed by atoms with E-state index in [1.54, 1.807) is 42.8 Å². The minimum atomic E-state index is -0.670. The SMILES string of the molecule is COC[C@H]1C[C@@H](C(=O)NCc2cc(C(=N)N)cs2)N(C(=O)CNC(=O)c2ccc(Oc3ccccc3)cc2)C1. The second-order valence-electron chi connectivity index (χ2n) is 9.17. The summed E-state index contributed by atoms with van der Waals surface area (Å²) in [6.45, 7) is 0.812. The molecule has 1 aromatic heterocycles. The van der Waals surface area contributed by atoms with Gasteiger partial charge in [0.15, 0.2) is 0 Å². The van der Waals surface area contributed by atoms with Crippen molar-refractivity contribution >= 4 is 34.9 Å². The van der Waals surface area contributed by atoms with E-state index in [1.165, 1.54) is 16.2 Å². The van der Waals surface area contributed by atoms with Crippen LogP contribution in [0.1, 0.15) is 27.2 Å². The van der Waals surface area contributed by atoms with Gasteiger partial charge in [-0.2, -0.15) is 0 Å². The highest BCUT2D eigenvalue weighted by atomic mass is 32.1. The van der Waals surface area contributed by atoms with Crippen LogP contribution < -0.4 is 21.1 Å². The van der Waals surface area contributed by atoms with Crippen molar-refractivity contribution < 1.29 is 23.9 Å². The van der Waals surface area contributed by atoms with Crippen LogP contribution >= 0.6 is 11.3 Å². The topological polar surface area (TPSA) is 147 Å². The normalized spacial score (nSPS) is 16.5. The molecule has 0 spiro atoms. The minimum Gasteiger partial charge on any atom is -0.457 e. The summed E-state index contributed by atoms with van der Waals surface area (Å²) in [5.41, 5.74) is 6.50. The van der Waals surface area contributed by atoms with Crippen molar-refractivity contribution in [1.29, 1.82) is 5.41 Å². The lowest BCUT2D eigenvalue weighted by Crippen LogP contribution is -2.48. The average Bonchev–Trinajstić information content (AvgIpc) is 3.59. The maximum Gasteiger partial charge on any atom is 0.251 e. The number of hydrogen-bond acceptors (Lipinski definition) is 7. The number of nitrogen functional groups attached to an aromatic ring is 1. The summed E-state index contributed by atoms with van der Waals surface area (Å²) in [5, 5.41) is 14.8. The number of carbonyl (C=O) groups is 3.